The van der Waals surface area contributed by atoms with Crippen molar-refractivity contribution in [3.8, 4) is 23.0 Å². The molecule has 3 rings (SSSR count). The lowest BCUT2D eigenvalue weighted by atomic mass is 10.2. The maximum Gasteiger partial charge on any atom is 0.260 e. The van der Waals surface area contributed by atoms with Crippen molar-refractivity contribution in [3.05, 3.63) is 42.1 Å². The molecule has 0 bridgehead atoms. The summed E-state index contributed by atoms with van der Waals surface area (Å²) in [6, 6.07) is 5.65. The molecule has 2 heterocycles. The van der Waals surface area contributed by atoms with E-state index in [1.165, 1.54) is 18.2 Å². The van der Waals surface area contributed by atoms with Crippen molar-refractivity contribution in [3.63, 3.8) is 0 Å². The number of benzene rings is 1. The van der Waals surface area contributed by atoms with E-state index in [2.05, 4.69) is 20.1 Å². The van der Waals surface area contributed by atoms with E-state index in [1.54, 1.807) is 19.2 Å². The van der Waals surface area contributed by atoms with E-state index in [1.807, 2.05) is 0 Å². The van der Waals surface area contributed by atoms with Gasteiger partial charge in [-0.3, -0.25) is 0 Å². The quantitative estimate of drug-likeness (QED) is 0.719. The van der Waals surface area contributed by atoms with Crippen molar-refractivity contribution in [1.82, 2.24) is 20.1 Å². The molecule has 0 aliphatic heterocycles. The van der Waals surface area contributed by atoms with Gasteiger partial charge in [-0.25, -0.2) is 14.4 Å². The van der Waals surface area contributed by atoms with E-state index in [0.717, 1.165) is 0 Å². The van der Waals surface area contributed by atoms with Crippen molar-refractivity contribution >= 4 is 5.69 Å². The Kier molecular flexibility index (Phi) is 2.86. The summed E-state index contributed by atoms with van der Waals surface area (Å²) in [5.74, 6) is 0.732. The summed E-state index contributed by atoms with van der Waals surface area (Å²) >= 11 is 0. The highest BCUT2D eigenvalue weighted by Gasteiger charge is 2.14. The fourth-order valence-electron chi connectivity index (χ4n) is 1.75. The summed E-state index contributed by atoms with van der Waals surface area (Å²) in [5, 5.41) is 3.84. The Balaban J connectivity index is 2.02. The topological polar surface area (TPSA) is 90.7 Å². The number of nitrogens with two attached hydrogens (primary N) is 1. The molecule has 2 N–H and O–H groups in total. The zero-order valence-electron chi connectivity index (χ0n) is 10.5. The standard InChI is InChI=1S/C13H10FN5O/c1-7-16-5-4-11(17-7)12-18-13(20-19-12)9-3-2-8(14)6-10(9)15/h2-6H,15H2,1H3. The van der Waals surface area contributed by atoms with Crippen LogP contribution in [-0.2, 0) is 0 Å². The highest BCUT2D eigenvalue weighted by atomic mass is 19.1. The molecule has 0 fully saturated rings. The number of rotatable bonds is 2. The number of aryl methyl sites for hydroxylation is 1. The first-order valence-electron chi connectivity index (χ1n) is 5.82. The predicted octanol–water partition coefficient (Wildman–Crippen LogP) is 2.22. The van der Waals surface area contributed by atoms with E-state index in [4.69, 9.17) is 10.3 Å². The molecule has 100 valence electrons. The van der Waals surface area contributed by atoms with Gasteiger partial charge in [0, 0.05) is 11.9 Å². The van der Waals surface area contributed by atoms with Crippen LogP contribution in [0.2, 0.25) is 0 Å². The molecule has 0 aliphatic carbocycles. The number of anilines is 1. The summed E-state index contributed by atoms with van der Waals surface area (Å²) in [7, 11) is 0. The fraction of sp³-hybridized carbons (Fsp3) is 0.0769. The SMILES string of the molecule is Cc1nccc(-c2noc(-c3ccc(F)cc3N)n2)n1. The third kappa shape index (κ3) is 2.20. The van der Waals surface area contributed by atoms with Gasteiger partial charge < -0.3 is 10.3 Å². The number of hydrogen-bond acceptors (Lipinski definition) is 6. The van der Waals surface area contributed by atoms with Crippen molar-refractivity contribution in [2.24, 2.45) is 0 Å². The van der Waals surface area contributed by atoms with Crippen molar-refractivity contribution in [2.75, 3.05) is 5.73 Å². The van der Waals surface area contributed by atoms with Gasteiger partial charge >= 0.3 is 0 Å². The Morgan fingerprint density at radius 1 is 1.20 bits per heavy atom. The molecule has 0 spiro atoms. The van der Waals surface area contributed by atoms with Gasteiger partial charge in [-0.15, -0.1) is 0 Å². The summed E-state index contributed by atoms with van der Waals surface area (Å²) in [6.45, 7) is 1.77. The zero-order valence-corrected chi connectivity index (χ0v) is 10.5. The van der Waals surface area contributed by atoms with Crippen molar-refractivity contribution < 1.29 is 8.91 Å². The number of nitrogens with zero attached hydrogens (tertiary/aromatic N) is 4. The summed E-state index contributed by atoms with van der Waals surface area (Å²) < 4.78 is 18.2. The lowest BCUT2D eigenvalue weighted by Crippen LogP contribution is -1.92. The van der Waals surface area contributed by atoms with Crippen LogP contribution in [0.25, 0.3) is 23.0 Å². The van der Waals surface area contributed by atoms with E-state index in [9.17, 15) is 4.39 Å². The van der Waals surface area contributed by atoms with Crippen LogP contribution in [0.1, 0.15) is 5.82 Å². The molecule has 3 aromatic rings. The molecular weight excluding hydrogens is 261 g/mol. The Bertz CT molecular complexity index is 771. The molecule has 0 radical (unpaired) electrons. The Labute approximate surface area is 113 Å². The molecule has 0 saturated carbocycles. The lowest BCUT2D eigenvalue weighted by molar-refractivity contribution is 0.432. The second-order valence-electron chi connectivity index (χ2n) is 4.14. The average molecular weight is 271 g/mol. The highest BCUT2D eigenvalue weighted by Crippen LogP contribution is 2.26. The number of aromatic nitrogens is 4. The second kappa shape index (κ2) is 4.69. The van der Waals surface area contributed by atoms with E-state index >= 15 is 0 Å². The molecule has 2 aromatic heterocycles. The van der Waals surface area contributed by atoms with Crippen LogP contribution in [0.4, 0.5) is 10.1 Å². The smallest absolute Gasteiger partial charge is 0.260 e. The zero-order chi connectivity index (χ0) is 14.1. The summed E-state index contributed by atoms with van der Waals surface area (Å²) in [6.07, 6.45) is 1.61. The average Bonchev–Trinajstić information content (AvgIpc) is 2.88. The van der Waals surface area contributed by atoms with Gasteiger partial charge in [0.1, 0.15) is 17.3 Å². The van der Waals surface area contributed by atoms with Gasteiger partial charge in [0.05, 0.1) is 5.56 Å². The minimum atomic E-state index is -0.419. The summed E-state index contributed by atoms with van der Waals surface area (Å²) in [4.78, 5) is 12.4. The maximum absolute atomic E-state index is 13.0. The van der Waals surface area contributed by atoms with Crippen LogP contribution in [0.15, 0.2) is 35.0 Å². The van der Waals surface area contributed by atoms with E-state index in [0.29, 0.717) is 22.9 Å². The first-order chi connectivity index (χ1) is 9.63. The van der Waals surface area contributed by atoms with Crippen LogP contribution in [-0.4, -0.2) is 20.1 Å². The predicted molar refractivity (Wildman–Crippen MR) is 69.9 cm³/mol. The number of halogens is 1. The lowest BCUT2D eigenvalue weighted by Gasteiger charge is -1.99. The van der Waals surface area contributed by atoms with Gasteiger partial charge in [0.15, 0.2) is 0 Å². The maximum atomic E-state index is 13.0. The molecule has 1 aromatic carbocycles. The van der Waals surface area contributed by atoms with Gasteiger partial charge in [-0.2, -0.15) is 4.98 Å². The first-order valence-corrected chi connectivity index (χ1v) is 5.82. The van der Waals surface area contributed by atoms with E-state index < -0.39 is 5.82 Å². The minimum absolute atomic E-state index is 0.216. The Morgan fingerprint density at radius 2 is 2.05 bits per heavy atom. The largest absolute Gasteiger partial charge is 0.398 e. The van der Waals surface area contributed by atoms with Crippen LogP contribution < -0.4 is 5.73 Å². The molecule has 0 unspecified atom stereocenters. The van der Waals surface area contributed by atoms with Crippen LogP contribution in [0.3, 0.4) is 0 Å². The van der Waals surface area contributed by atoms with Crippen LogP contribution in [0.5, 0.6) is 0 Å². The van der Waals surface area contributed by atoms with Gasteiger partial charge in [0.2, 0.25) is 5.82 Å². The van der Waals surface area contributed by atoms with Crippen LogP contribution in [0, 0.1) is 12.7 Å². The molecule has 6 nitrogen and oxygen atoms in total. The number of hydrogen-bond donors (Lipinski definition) is 1. The molecule has 20 heavy (non-hydrogen) atoms. The molecular formula is C13H10FN5O. The molecule has 0 atom stereocenters. The second-order valence-corrected chi connectivity index (χ2v) is 4.14. The van der Waals surface area contributed by atoms with Crippen molar-refractivity contribution in [2.45, 2.75) is 6.92 Å². The van der Waals surface area contributed by atoms with Crippen molar-refractivity contribution in [1.29, 1.82) is 0 Å². The normalized spacial score (nSPS) is 10.7. The number of nitrogen functional groups attached to an aromatic ring is 1. The van der Waals surface area contributed by atoms with E-state index in [-0.39, 0.29) is 11.6 Å². The van der Waals surface area contributed by atoms with Gasteiger partial charge in [-0.05, 0) is 31.2 Å². The van der Waals surface area contributed by atoms with Crippen LogP contribution >= 0.6 is 0 Å². The monoisotopic (exact) mass is 271 g/mol. The molecule has 0 aliphatic rings. The molecule has 0 amide bonds. The fourth-order valence-corrected chi connectivity index (χ4v) is 1.75. The first kappa shape index (κ1) is 12.2. The summed E-state index contributed by atoms with van der Waals surface area (Å²) in [5.41, 5.74) is 7.00. The third-order valence-electron chi connectivity index (χ3n) is 2.68. The Morgan fingerprint density at radius 3 is 2.80 bits per heavy atom. The Hall–Kier alpha value is -2.83. The molecule has 7 heteroatoms. The minimum Gasteiger partial charge on any atom is -0.398 e. The van der Waals surface area contributed by atoms with Gasteiger partial charge in [0.25, 0.3) is 5.89 Å². The third-order valence-corrected chi connectivity index (χ3v) is 2.68. The highest BCUT2D eigenvalue weighted by molar-refractivity contribution is 5.71. The molecule has 0 saturated heterocycles. The van der Waals surface area contributed by atoms with Gasteiger partial charge in [-0.1, -0.05) is 5.16 Å².